The number of anilines is 1. The first-order valence-electron chi connectivity index (χ1n) is 9.03. The molecule has 2 aliphatic rings. The van der Waals surface area contributed by atoms with Crippen LogP contribution < -0.4 is 10.6 Å². The van der Waals surface area contributed by atoms with Gasteiger partial charge in [0.15, 0.2) is 11.4 Å². The molecule has 1 aromatic heterocycles. The SMILES string of the molecule is CC(=O)Nc1ncc(CN2CCC(=CC3CCC(F)NC3)CC2C)s1. The Morgan fingerprint density at radius 1 is 1.56 bits per heavy atom. The molecule has 7 heteroatoms. The molecular weight excluding hydrogens is 339 g/mol. The van der Waals surface area contributed by atoms with E-state index in [9.17, 15) is 9.18 Å². The van der Waals surface area contributed by atoms with Crippen LogP contribution in [0.3, 0.4) is 0 Å². The molecule has 0 bridgehead atoms. The summed E-state index contributed by atoms with van der Waals surface area (Å²) in [6, 6.07) is 0.483. The summed E-state index contributed by atoms with van der Waals surface area (Å²) in [5.74, 6) is 0.390. The molecule has 0 aromatic carbocycles. The smallest absolute Gasteiger partial charge is 0.223 e. The molecule has 0 radical (unpaired) electrons. The summed E-state index contributed by atoms with van der Waals surface area (Å²) in [7, 11) is 0. The van der Waals surface area contributed by atoms with Crippen molar-refractivity contribution in [3.05, 3.63) is 22.7 Å². The van der Waals surface area contributed by atoms with Crippen molar-refractivity contribution >= 4 is 22.4 Å². The van der Waals surface area contributed by atoms with E-state index < -0.39 is 6.30 Å². The zero-order chi connectivity index (χ0) is 17.8. The second kappa shape index (κ2) is 8.38. The zero-order valence-corrected chi connectivity index (χ0v) is 15.7. The molecule has 25 heavy (non-hydrogen) atoms. The third-order valence-electron chi connectivity index (χ3n) is 4.96. The fourth-order valence-electron chi connectivity index (χ4n) is 3.61. The Morgan fingerprint density at radius 3 is 3.08 bits per heavy atom. The van der Waals surface area contributed by atoms with Crippen LogP contribution >= 0.6 is 11.3 Å². The monoisotopic (exact) mass is 366 g/mol. The van der Waals surface area contributed by atoms with Crippen molar-refractivity contribution < 1.29 is 9.18 Å². The lowest BCUT2D eigenvalue weighted by Gasteiger charge is -2.35. The number of thiazole rings is 1. The van der Waals surface area contributed by atoms with Crippen LogP contribution in [0.15, 0.2) is 17.8 Å². The standard InChI is InChI=1S/C18H27FN4OS/c1-12-7-14(8-15-3-4-17(19)20-9-15)5-6-23(12)11-16-10-21-18(25-16)22-13(2)24/h8,10,12,15,17,20H,3-7,9,11H2,1-2H3,(H,21,22,24). The van der Waals surface area contributed by atoms with E-state index in [1.807, 2.05) is 6.20 Å². The highest BCUT2D eigenvalue weighted by Crippen LogP contribution is 2.28. The number of piperidine rings is 2. The van der Waals surface area contributed by atoms with Crippen molar-refractivity contribution in [1.29, 1.82) is 0 Å². The maximum atomic E-state index is 13.2. The van der Waals surface area contributed by atoms with Gasteiger partial charge in [0.1, 0.15) is 0 Å². The van der Waals surface area contributed by atoms with Gasteiger partial charge in [-0.25, -0.2) is 9.37 Å². The Labute approximate surface area is 152 Å². The van der Waals surface area contributed by atoms with Gasteiger partial charge in [-0.3, -0.25) is 15.0 Å². The quantitative estimate of drug-likeness (QED) is 0.634. The van der Waals surface area contributed by atoms with Crippen molar-refractivity contribution in [2.45, 2.75) is 58.4 Å². The van der Waals surface area contributed by atoms with Gasteiger partial charge in [-0.15, -0.1) is 11.3 Å². The van der Waals surface area contributed by atoms with E-state index in [1.165, 1.54) is 17.4 Å². The molecule has 0 aliphatic carbocycles. The number of amides is 1. The highest BCUT2D eigenvalue weighted by Gasteiger charge is 2.24. The molecule has 5 nitrogen and oxygen atoms in total. The van der Waals surface area contributed by atoms with Crippen LogP contribution in [0.5, 0.6) is 0 Å². The van der Waals surface area contributed by atoms with Crippen molar-refractivity contribution in [3.8, 4) is 0 Å². The van der Waals surface area contributed by atoms with Gasteiger partial charge in [-0.2, -0.15) is 0 Å². The molecule has 2 saturated heterocycles. The van der Waals surface area contributed by atoms with Crippen LogP contribution in [0.2, 0.25) is 0 Å². The average molecular weight is 367 g/mol. The lowest BCUT2D eigenvalue weighted by atomic mass is 9.90. The Hall–Kier alpha value is -1.31. The molecular formula is C18H27FN4OS. The molecule has 1 aromatic rings. The van der Waals surface area contributed by atoms with Crippen LogP contribution in [-0.4, -0.2) is 41.2 Å². The normalized spacial score (nSPS) is 29.7. The van der Waals surface area contributed by atoms with E-state index in [-0.39, 0.29) is 5.91 Å². The Kier molecular flexibility index (Phi) is 6.19. The number of carbonyl (C=O) groups excluding carboxylic acids is 1. The van der Waals surface area contributed by atoms with Gasteiger partial charge in [0, 0.05) is 43.7 Å². The summed E-state index contributed by atoms with van der Waals surface area (Å²) < 4.78 is 13.2. The minimum atomic E-state index is -0.822. The highest BCUT2D eigenvalue weighted by atomic mass is 32.1. The predicted octanol–water partition coefficient (Wildman–Crippen LogP) is 3.31. The lowest BCUT2D eigenvalue weighted by molar-refractivity contribution is -0.114. The second-order valence-electron chi connectivity index (χ2n) is 7.12. The molecule has 2 aliphatic heterocycles. The van der Waals surface area contributed by atoms with E-state index in [1.54, 1.807) is 11.3 Å². The largest absolute Gasteiger partial charge is 0.302 e. The number of rotatable bonds is 4. The number of hydrogen-bond acceptors (Lipinski definition) is 5. The molecule has 3 heterocycles. The number of alkyl halides is 1. The molecule has 0 spiro atoms. The molecule has 138 valence electrons. The summed E-state index contributed by atoms with van der Waals surface area (Å²) in [5, 5.41) is 6.34. The first-order chi connectivity index (χ1) is 12.0. The number of nitrogens with zero attached hydrogens (tertiary/aromatic N) is 2. The van der Waals surface area contributed by atoms with Crippen LogP contribution in [0, 0.1) is 5.92 Å². The van der Waals surface area contributed by atoms with Gasteiger partial charge in [-0.1, -0.05) is 11.6 Å². The third-order valence-corrected chi connectivity index (χ3v) is 5.86. The minimum Gasteiger partial charge on any atom is -0.302 e. The Balaban J connectivity index is 1.51. The fraction of sp³-hybridized carbons (Fsp3) is 0.667. The van der Waals surface area contributed by atoms with E-state index >= 15 is 0 Å². The molecule has 2 N–H and O–H groups in total. The van der Waals surface area contributed by atoms with Crippen LogP contribution in [0.4, 0.5) is 9.52 Å². The van der Waals surface area contributed by atoms with Crippen LogP contribution in [0.1, 0.15) is 44.4 Å². The lowest BCUT2D eigenvalue weighted by Crippen LogP contribution is -2.38. The minimum absolute atomic E-state index is 0.0849. The number of nitrogens with one attached hydrogen (secondary N) is 2. The first-order valence-corrected chi connectivity index (χ1v) is 9.84. The van der Waals surface area contributed by atoms with E-state index in [0.717, 1.165) is 38.9 Å². The van der Waals surface area contributed by atoms with Gasteiger partial charge in [0.05, 0.1) is 0 Å². The topological polar surface area (TPSA) is 57.3 Å². The summed E-state index contributed by atoms with van der Waals surface area (Å²) >= 11 is 1.54. The van der Waals surface area contributed by atoms with Gasteiger partial charge < -0.3 is 5.32 Å². The molecule has 1 amide bonds. The molecule has 2 fully saturated rings. The first kappa shape index (κ1) is 18.5. The van der Waals surface area contributed by atoms with Crippen molar-refractivity contribution in [2.24, 2.45) is 5.92 Å². The summed E-state index contributed by atoms with van der Waals surface area (Å²) in [6.07, 6.45) is 7.14. The van der Waals surface area contributed by atoms with Gasteiger partial charge in [0.25, 0.3) is 0 Å². The maximum absolute atomic E-state index is 13.2. The van der Waals surface area contributed by atoms with Gasteiger partial charge in [-0.05, 0) is 38.5 Å². The molecule has 0 saturated carbocycles. The maximum Gasteiger partial charge on any atom is 0.223 e. The number of likely N-dealkylation sites (tertiary alicyclic amines) is 1. The molecule has 3 unspecified atom stereocenters. The summed E-state index contributed by atoms with van der Waals surface area (Å²) in [4.78, 5) is 19.0. The van der Waals surface area contributed by atoms with E-state index in [4.69, 9.17) is 0 Å². The number of carbonyl (C=O) groups is 1. The molecule has 3 rings (SSSR count). The van der Waals surface area contributed by atoms with Crippen LogP contribution in [-0.2, 0) is 11.3 Å². The highest BCUT2D eigenvalue weighted by molar-refractivity contribution is 7.15. The second-order valence-corrected chi connectivity index (χ2v) is 8.24. The summed E-state index contributed by atoms with van der Waals surface area (Å²) in [6.45, 7) is 6.43. The van der Waals surface area contributed by atoms with E-state index in [0.29, 0.717) is 23.5 Å². The van der Waals surface area contributed by atoms with Gasteiger partial charge >= 0.3 is 0 Å². The van der Waals surface area contributed by atoms with Crippen molar-refractivity contribution in [2.75, 3.05) is 18.4 Å². The zero-order valence-electron chi connectivity index (χ0n) is 14.9. The van der Waals surface area contributed by atoms with Crippen molar-refractivity contribution in [1.82, 2.24) is 15.2 Å². The number of aromatic nitrogens is 1. The Bertz CT molecular complexity index is 624. The number of halogens is 1. The fourth-order valence-corrected chi connectivity index (χ4v) is 4.50. The third kappa shape index (κ3) is 5.33. The number of hydrogen-bond donors (Lipinski definition) is 2. The molecule has 3 atom stereocenters. The summed E-state index contributed by atoms with van der Waals surface area (Å²) in [5.41, 5.74) is 1.51. The average Bonchev–Trinajstić information content (AvgIpc) is 2.98. The Morgan fingerprint density at radius 2 is 2.40 bits per heavy atom. The van der Waals surface area contributed by atoms with Crippen molar-refractivity contribution in [3.63, 3.8) is 0 Å². The predicted molar refractivity (Wildman–Crippen MR) is 99.2 cm³/mol. The van der Waals surface area contributed by atoms with Gasteiger partial charge in [0.2, 0.25) is 5.91 Å². The van der Waals surface area contributed by atoms with Crippen LogP contribution in [0.25, 0.3) is 0 Å². The van der Waals surface area contributed by atoms with E-state index in [2.05, 4.69) is 33.5 Å².